The smallest absolute Gasteiger partial charge is 0.251 e. The Morgan fingerprint density at radius 3 is 2.76 bits per heavy atom. The van der Waals surface area contributed by atoms with Crippen LogP contribution in [0.15, 0.2) is 18.2 Å². The standard InChI is InChI=1S/C16H20N2O2S/c1-21-13-6-4-12(5-7-13)17-16(20)11-3-2-10-9-15(19)18-14(10)8-11/h2-3,8,12-13H,4-7,9H2,1H3,(H,17,20)(H,18,19). The van der Waals surface area contributed by atoms with E-state index in [2.05, 4.69) is 16.9 Å². The molecule has 2 N–H and O–H groups in total. The summed E-state index contributed by atoms with van der Waals surface area (Å²) in [5, 5.41) is 6.65. The van der Waals surface area contributed by atoms with E-state index < -0.39 is 0 Å². The van der Waals surface area contributed by atoms with E-state index >= 15 is 0 Å². The molecular formula is C16H20N2O2S. The molecule has 1 heterocycles. The van der Waals surface area contributed by atoms with E-state index in [4.69, 9.17) is 0 Å². The van der Waals surface area contributed by atoms with Crippen LogP contribution in [0.4, 0.5) is 5.69 Å². The molecule has 1 aliphatic carbocycles. The van der Waals surface area contributed by atoms with Gasteiger partial charge < -0.3 is 10.6 Å². The van der Waals surface area contributed by atoms with Crippen molar-refractivity contribution in [3.63, 3.8) is 0 Å². The van der Waals surface area contributed by atoms with Gasteiger partial charge in [-0.15, -0.1) is 0 Å². The lowest BCUT2D eigenvalue weighted by molar-refractivity contribution is -0.115. The minimum Gasteiger partial charge on any atom is -0.349 e. The number of anilines is 1. The molecule has 2 amide bonds. The number of benzene rings is 1. The zero-order chi connectivity index (χ0) is 14.8. The van der Waals surface area contributed by atoms with E-state index in [0.29, 0.717) is 12.0 Å². The monoisotopic (exact) mass is 304 g/mol. The molecule has 1 saturated carbocycles. The number of carbonyl (C=O) groups is 2. The molecule has 112 valence electrons. The van der Waals surface area contributed by atoms with Crippen LogP contribution in [0.25, 0.3) is 0 Å². The van der Waals surface area contributed by atoms with Crippen molar-refractivity contribution >= 4 is 29.3 Å². The first-order valence-corrected chi connectivity index (χ1v) is 8.71. The number of carbonyl (C=O) groups excluding carboxylic acids is 2. The summed E-state index contributed by atoms with van der Waals surface area (Å²) < 4.78 is 0. The Hall–Kier alpha value is -1.49. The summed E-state index contributed by atoms with van der Waals surface area (Å²) in [4.78, 5) is 23.7. The number of fused-ring (bicyclic) bond motifs is 1. The van der Waals surface area contributed by atoms with Crippen LogP contribution in [0.3, 0.4) is 0 Å². The predicted molar refractivity (Wildman–Crippen MR) is 85.8 cm³/mol. The molecular weight excluding hydrogens is 284 g/mol. The number of hydrogen-bond donors (Lipinski definition) is 2. The van der Waals surface area contributed by atoms with Gasteiger partial charge in [0.15, 0.2) is 0 Å². The van der Waals surface area contributed by atoms with Gasteiger partial charge in [-0.05, 0) is 49.6 Å². The predicted octanol–water partition coefficient (Wildman–Crippen LogP) is 2.59. The first kappa shape index (κ1) is 14.4. The van der Waals surface area contributed by atoms with E-state index in [-0.39, 0.29) is 17.9 Å². The molecule has 0 bridgehead atoms. The summed E-state index contributed by atoms with van der Waals surface area (Å²) in [5.41, 5.74) is 2.37. The summed E-state index contributed by atoms with van der Waals surface area (Å²) in [6.07, 6.45) is 7.02. The van der Waals surface area contributed by atoms with Crippen LogP contribution in [0, 0.1) is 0 Å². The van der Waals surface area contributed by atoms with Gasteiger partial charge in [0.25, 0.3) is 5.91 Å². The van der Waals surface area contributed by atoms with Crippen molar-refractivity contribution in [2.24, 2.45) is 0 Å². The van der Waals surface area contributed by atoms with Gasteiger partial charge in [0, 0.05) is 22.5 Å². The van der Waals surface area contributed by atoms with E-state index in [1.165, 1.54) is 12.8 Å². The largest absolute Gasteiger partial charge is 0.349 e. The normalized spacial score (nSPS) is 24.3. The fourth-order valence-corrected chi connectivity index (χ4v) is 3.81. The molecule has 1 aromatic rings. The van der Waals surface area contributed by atoms with Crippen molar-refractivity contribution < 1.29 is 9.59 Å². The summed E-state index contributed by atoms with van der Waals surface area (Å²) in [6.45, 7) is 0. The van der Waals surface area contributed by atoms with Crippen LogP contribution < -0.4 is 10.6 Å². The van der Waals surface area contributed by atoms with Gasteiger partial charge in [0.1, 0.15) is 0 Å². The molecule has 0 spiro atoms. The van der Waals surface area contributed by atoms with Gasteiger partial charge in [-0.25, -0.2) is 0 Å². The van der Waals surface area contributed by atoms with Crippen LogP contribution in [0.5, 0.6) is 0 Å². The summed E-state index contributed by atoms with van der Waals surface area (Å²) in [7, 11) is 0. The van der Waals surface area contributed by atoms with E-state index in [0.717, 1.165) is 29.3 Å². The molecule has 21 heavy (non-hydrogen) atoms. The molecule has 0 atom stereocenters. The lowest BCUT2D eigenvalue weighted by Crippen LogP contribution is -2.38. The lowest BCUT2D eigenvalue weighted by atomic mass is 9.94. The Kier molecular flexibility index (Phi) is 4.19. The highest BCUT2D eigenvalue weighted by Crippen LogP contribution is 2.27. The average molecular weight is 304 g/mol. The Bertz CT molecular complexity index is 565. The van der Waals surface area contributed by atoms with Crippen LogP contribution in [0.2, 0.25) is 0 Å². The second kappa shape index (κ2) is 6.10. The first-order chi connectivity index (χ1) is 10.2. The number of nitrogens with one attached hydrogen (secondary N) is 2. The van der Waals surface area contributed by atoms with E-state index in [9.17, 15) is 9.59 Å². The molecule has 1 fully saturated rings. The van der Waals surface area contributed by atoms with Crippen molar-refractivity contribution in [1.82, 2.24) is 5.32 Å². The molecule has 0 aromatic heterocycles. The summed E-state index contributed by atoms with van der Waals surface area (Å²) in [5.74, 6) is -0.0375. The molecule has 0 unspecified atom stereocenters. The summed E-state index contributed by atoms with van der Waals surface area (Å²) >= 11 is 1.92. The molecule has 1 aromatic carbocycles. The van der Waals surface area contributed by atoms with Gasteiger partial charge >= 0.3 is 0 Å². The minimum atomic E-state index is -0.0356. The van der Waals surface area contributed by atoms with Crippen molar-refractivity contribution in [1.29, 1.82) is 0 Å². The number of rotatable bonds is 3. The van der Waals surface area contributed by atoms with E-state index in [1.54, 1.807) is 6.07 Å². The second-order valence-electron chi connectivity index (χ2n) is 5.78. The highest BCUT2D eigenvalue weighted by Gasteiger charge is 2.23. The van der Waals surface area contributed by atoms with Crippen molar-refractivity contribution in [2.45, 2.75) is 43.4 Å². The highest BCUT2D eigenvalue weighted by atomic mass is 32.2. The van der Waals surface area contributed by atoms with Crippen molar-refractivity contribution in [3.8, 4) is 0 Å². The Morgan fingerprint density at radius 1 is 1.29 bits per heavy atom. The Balaban J connectivity index is 1.61. The Morgan fingerprint density at radius 2 is 2.05 bits per heavy atom. The SMILES string of the molecule is CSC1CCC(NC(=O)c2ccc3c(c2)NC(=O)C3)CC1. The lowest BCUT2D eigenvalue weighted by Gasteiger charge is -2.28. The van der Waals surface area contributed by atoms with Crippen LogP contribution >= 0.6 is 11.8 Å². The van der Waals surface area contributed by atoms with Gasteiger partial charge in [-0.1, -0.05) is 6.07 Å². The molecule has 5 heteroatoms. The third-order valence-corrected chi connectivity index (χ3v) is 5.48. The fourth-order valence-electron chi connectivity index (χ4n) is 3.07. The number of thioether (sulfide) groups is 1. The maximum absolute atomic E-state index is 12.3. The maximum atomic E-state index is 12.3. The molecule has 1 aliphatic heterocycles. The number of hydrogen-bond acceptors (Lipinski definition) is 3. The van der Waals surface area contributed by atoms with Crippen LogP contribution in [-0.2, 0) is 11.2 Å². The number of amides is 2. The first-order valence-electron chi connectivity index (χ1n) is 7.42. The topological polar surface area (TPSA) is 58.2 Å². The average Bonchev–Trinajstić information content (AvgIpc) is 2.87. The van der Waals surface area contributed by atoms with Gasteiger partial charge in [0.05, 0.1) is 6.42 Å². The third-order valence-electron chi connectivity index (χ3n) is 4.34. The van der Waals surface area contributed by atoms with Crippen LogP contribution in [0.1, 0.15) is 41.6 Å². The van der Waals surface area contributed by atoms with Gasteiger partial charge in [-0.3, -0.25) is 9.59 Å². The molecule has 4 nitrogen and oxygen atoms in total. The van der Waals surface area contributed by atoms with Gasteiger partial charge in [0.2, 0.25) is 5.91 Å². The fraction of sp³-hybridized carbons (Fsp3) is 0.500. The molecule has 2 aliphatic rings. The maximum Gasteiger partial charge on any atom is 0.251 e. The quantitative estimate of drug-likeness (QED) is 0.902. The third kappa shape index (κ3) is 3.23. The van der Waals surface area contributed by atoms with Crippen molar-refractivity contribution in [2.75, 3.05) is 11.6 Å². The van der Waals surface area contributed by atoms with Crippen LogP contribution in [-0.4, -0.2) is 29.4 Å². The Labute approximate surface area is 129 Å². The van der Waals surface area contributed by atoms with E-state index in [1.807, 2.05) is 23.9 Å². The summed E-state index contributed by atoms with van der Waals surface area (Å²) in [6, 6.07) is 5.74. The second-order valence-corrected chi connectivity index (χ2v) is 6.92. The molecule has 0 radical (unpaired) electrons. The minimum absolute atomic E-state index is 0.00190. The zero-order valence-electron chi connectivity index (χ0n) is 12.1. The molecule has 0 saturated heterocycles. The molecule has 3 rings (SSSR count). The van der Waals surface area contributed by atoms with Gasteiger partial charge in [-0.2, -0.15) is 11.8 Å². The zero-order valence-corrected chi connectivity index (χ0v) is 13.0. The van der Waals surface area contributed by atoms with Crippen molar-refractivity contribution in [3.05, 3.63) is 29.3 Å². The highest BCUT2D eigenvalue weighted by molar-refractivity contribution is 7.99.